The van der Waals surface area contributed by atoms with Crippen LogP contribution in [0.3, 0.4) is 0 Å². The van der Waals surface area contributed by atoms with Gasteiger partial charge >= 0.3 is 0 Å². The average molecular weight is 174 g/mol. The summed E-state index contributed by atoms with van der Waals surface area (Å²) in [5.41, 5.74) is 0. The molecule has 4 nitrogen and oxygen atoms in total. The lowest BCUT2D eigenvalue weighted by Gasteiger charge is -2.12. The van der Waals surface area contributed by atoms with Crippen LogP contribution in [0.25, 0.3) is 0 Å². The van der Waals surface area contributed by atoms with Crippen LogP contribution >= 0.6 is 0 Å². The number of carbonyl (C=O) groups is 1. The highest BCUT2D eigenvalue weighted by Gasteiger charge is 2.08. The highest BCUT2D eigenvalue weighted by Crippen LogP contribution is 1.98. The van der Waals surface area contributed by atoms with Gasteiger partial charge in [-0.1, -0.05) is 0 Å². The maximum atomic E-state index is 11.0. The number of carbonyl (C=O) groups excluding carboxylic acids is 1. The summed E-state index contributed by atoms with van der Waals surface area (Å²) in [6, 6.07) is 0. The SMILES string of the molecule is CNCC(O)CCC(=O)N(C)C. The molecule has 0 aliphatic rings. The molecule has 0 saturated heterocycles. The van der Waals surface area contributed by atoms with E-state index in [-0.39, 0.29) is 5.91 Å². The summed E-state index contributed by atoms with van der Waals surface area (Å²) in [5.74, 6) is 0.0603. The fraction of sp³-hybridized carbons (Fsp3) is 0.875. The van der Waals surface area contributed by atoms with Crippen molar-refractivity contribution < 1.29 is 9.90 Å². The molecule has 1 atom stereocenters. The first-order valence-corrected chi connectivity index (χ1v) is 4.10. The van der Waals surface area contributed by atoms with Crippen molar-refractivity contribution in [3.05, 3.63) is 0 Å². The molecule has 0 heterocycles. The summed E-state index contributed by atoms with van der Waals surface area (Å²) >= 11 is 0. The van der Waals surface area contributed by atoms with Crippen molar-refractivity contribution in [2.75, 3.05) is 27.7 Å². The minimum Gasteiger partial charge on any atom is -0.392 e. The maximum absolute atomic E-state index is 11.0. The van der Waals surface area contributed by atoms with Crippen molar-refractivity contribution in [3.8, 4) is 0 Å². The first kappa shape index (κ1) is 11.4. The highest BCUT2D eigenvalue weighted by molar-refractivity contribution is 5.75. The summed E-state index contributed by atoms with van der Waals surface area (Å²) < 4.78 is 0. The quantitative estimate of drug-likeness (QED) is 0.587. The Bertz CT molecular complexity index is 137. The summed E-state index contributed by atoms with van der Waals surface area (Å²) in [7, 11) is 5.20. The minimum atomic E-state index is -0.418. The van der Waals surface area contributed by atoms with Crippen molar-refractivity contribution in [2.45, 2.75) is 18.9 Å². The molecule has 4 heteroatoms. The topological polar surface area (TPSA) is 52.6 Å². The van der Waals surface area contributed by atoms with Gasteiger partial charge in [0.2, 0.25) is 5.91 Å². The fourth-order valence-electron chi connectivity index (χ4n) is 0.851. The minimum absolute atomic E-state index is 0.0603. The van der Waals surface area contributed by atoms with E-state index in [2.05, 4.69) is 5.32 Å². The summed E-state index contributed by atoms with van der Waals surface area (Å²) in [6.45, 7) is 0.542. The molecule has 1 amide bonds. The molecule has 0 aromatic heterocycles. The third-order valence-corrected chi connectivity index (χ3v) is 1.63. The summed E-state index contributed by atoms with van der Waals surface area (Å²) in [5, 5.41) is 12.1. The number of aliphatic hydroxyl groups excluding tert-OH is 1. The molecule has 1 unspecified atom stereocenters. The van der Waals surface area contributed by atoms with Crippen molar-refractivity contribution in [1.82, 2.24) is 10.2 Å². The van der Waals surface area contributed by atoms with E-state index in [1.54, 1.807) is 21.1 Å². The Morgan fingerprint density at radius 3 is 2.58 bits per heavy atom. The Hall–Kier alpha value is -0.610. The van der Waals surface area contributed by atoms with E-state index >= 15 is 0 Å². The van der Waals surface area contributed by atoms with Crippen LogP contribution in [0, 0.1) is 0 Å². The first-order chi connectivity index (χ1) is 5.57. The molecule has 0 fully saturated rings. The van der Waals surface area contributed by atoms with E-state index in [9.17, 15) is 9.90 Å². The third kappa shape index (κ3) is 5.09. The zero-order chi connectivity index (χ0) is 9.56. The molecule has 0 saturated carbocycles. The Kier molecular flexibility index (Phi) is 5.66. The molecular formula is C8H18N2O2. The number of amides is 1. The Balaban J connectivity index is 3.47. The lowest BCUT2D eigenvalue weighted by atomic mass is 10.2. The van der Waals surface area contributed by atoms with Crippen LogP contribution in [0.2, 0.25) is 0 Å². The van der Waals surface area contributed by atoms with E-state index in [4.69, 9.17) is 0 Å². The molecule has 0 spiro atoms. The summed E-state index contributed by atoms with van der Waals surface area (Å²) in [4.78, 5) is 12.6. The van der Waals surface area contributed by atoms with Crippen molar-refractivity contribution in [3.63, 3.8) is 0 Å². The Labute approximate surface area is 73.6 Å². The van der Waals surface area contributed by atoms with Crippen molar-refractivity contribution >= 4 is 5.91 Å². The standard InChI is InChI=1S/C8H18N2O2/c1-9-6-7(11)4-5-8(12)10(2)3/h7,9,11H,4-6H2,1-3H3. The largest absolute Gasteiger partial charge is 0.392 e. The first-order valence-electron chi connectivity index (χ1n) is 4.10. The molecule has 0 rings (SSSR count). The molecule has 0 bridgehead atoms. The molecule has 0 aliphatic carbocycles. The molecule has 72 valence electrons. The van der Waals surface area contributed by atoms with Crippen LogP contribution in [-0.2, 0) is 4.79 Å². The van der Waals surface area contributed by atoms with Gasteiger partial charge in [-0.05, 0) is 13.5 Å². The number of nitrogens with one attached hydrogen (secondary N) is 1. The monoisotopic (exact) mass is 174 g/mol. The zero-order valence-corrected chi connectivity index (χ0v) is 8.00. The van der Waals surface area contributed by atoms with E-state index < -0.39 is 6.10 Å². The van der Waals surface area contributed by atoms with Gasteiger partial charge in [0.1, 0.15) is 0 Å². The normalized spacial score (nSPS) is 12.7. The van der Waals surface area contributed by atoms with Gasteiger partial charge in [-0.2, -0.15) is 0 Å². The molecule has 0 aliphatic heterocycles. The van der Waals surface area contributed by atoms with E-state index in [1.807, 2.05) is 0 Å². The second-order valence-electron chi connectivity index (χ2n) is 3.04. The molecule has 0 aromatic carbocycles. The Morgan fingerprint density at radius 1 is 1.58 bits per heavy atom. The number of likely N-dealkylation sites (N-methyl/N-ethyl adjacent to an activating group) is 1. The van der Waals surface area contributed by atoms with Gasteiger partial charge in [-0.3, -0.25) is 4.79 Å². The smallest absolute Gasteiger partial charge is 0.222 e. The number of rotatable bonds is 5. The lowest BCUT2D eigenvalue weighted by molar-refractivity contribution is -0.129. The number of nitrogens with zero attached hydrogens (tertiary/aromatic N) is 1. The van der Waals surface area contributed by atoms with Crippen LogP contribution in [0.1, 0.15) is 12.8 Å². The van der Waals surface area contributed by atoms with Gasteiger partial charge < -0.3 is 15.3 Å². The van der Waals surface area contributed by atoms with Crippen LogP contribution in [0.4, 0.5) is 0 Å². The van der Waals surface area contributed by atoms with E-state index in [1.165, 1.54) is 4.90 Å². The number of aliphatic hydroxyl groups is 1. The zero-order valence-electron chi connectivity index (χ0n) is 8.00. The lowest BCUT2D eigenvalue weighted by Crippen LogP contribution is -2.27. The number of hydrogen-bond acceptors (Lipinski definition) is 3. The van der Waals surface area contributed by atoms with Gasteiger partial charge in [-0.25, -0.2) is 0 Å². The molecular weight excluding hydrogens is 156 g/mol. The van der Waals surface area contributed by atoms with Crippen molar-refractivity contribution in [1.29, 1.82) is 0 Å². The predicted molar refractivity (Wildman–Crippen MR) is 47.9 cm³/mol. The maximum Gasteiger partial charge on any atom is 0.222 e. The predicted octanol–water partition coefficient (Wildman–Crippen LogP) is -0.565. The average Bonchev–Trinajstić information content (AvgIpc) is 2.00. The van der Waals surface area contributed by atoms with Crippen LogP contribution in [-0.4, -0.2) is 49.7 Å². The highest BCUT2D eigenvalue weighted by atomic mass is 16.3. The third-order valence-electron chi connectivity index (χ3n) is 1.63. The van der Waals surface area contributed by atoms with Crippen LogP contribution < -0.4 is 5.32 Å². The van der Waals surface area contributed by atoms with Gasteiger partial charge in [-0.15, -0.1) is 0 Å². The molecule has 0 radical (unpaired) electrons. The van der Waals surface area contributed by atoms with Gasteiger partial charge in [0.05, 0.1) is 6.10 Å². The Morgan fingerprint density at radius 2 is 2.17 bits per heavy atom. The van der Waals surface area contributed by atoms with E-state index in [0.29, 0.717) is 19.4 Å². The molecule has 0 aromatic rings. The van der Waals surface area contributed by atoms with Gasteiger partial charge in [0, 0.05) is 27.1 Å². The second-order valence-corrected chi connectivity index (χ2v) is 3.04. The molecule has 12 heavy (non-hydrogen) atoms. The van der Waals surface area contributed by atoms with Gasteiger partial charge in [0.15, 0.2) is 0 Å². The van der Waals surface area contributed by atoms with Gasteiger partial charge in [0.25, 0.3) is 0 Å². The fourth-order valence-corrected chi connectivity index (χ4v) is 0.851. The molecule has 2 N–H and O–H groups in total. The second kappa shape index (κ2) is 5.97. The van der Waals surface area contributed by atoms with Crippen LogP contribution in [0.15, 0.2) is 0 Å². The summed E-state index contributed by atoms with van der Waals surface area (Å²) in [6.07, 6.45) is 0.521. The van der Waals surface area contributed by atoms with Crippen molar-refractivity contribution in [2.24, 2.45) is 0 Å². The van der Waals surface area contributed by atoms with E-state index in [0.717, 1.165) is 0 Å². The number of hydrogen-bond donors (Lipinski definition) is 2. The van der Waals surface area contributed by atoms with Crippen LogP contribution in [0.5, 0.6) is 0 Å².